The Hall–Kier alpha value is -1.82. The Morgan fingerprint density at radius 2 is 1.81 bits per heavy atom. The number of benzene rings is 1. The van der Waals surface area contributed by atoms with Crippen LogP contribution in [0.3, 0.4) is 0 Å². The number of hydrogen-bond acceptors (Lipinski definition) is 6. The Morgan fingerprint density at radius 1 is 1.24 bits per heavy atom. The zero-order valence-corrected chi connectivity index (χ0v) is 12.2. The van der Waals surface area contributed by atoms with Crippen LogP contribution in [0, 0.1) is 10.1 Å². The Bertz CT molecular complexity index is 629. The topological polar surface area (TPSA) is 95.7 Å². The van der Waals surface area contributed by atoms with Crippen LogP contribution in [0.25, 0.3) is 5.70 Å². The van der Waals surface area contributed by atoms with E-state index in [1.807, 2.05) is 0 Å². The maximum atomic E-state index is 12.7. The fourth-order valence-electron chi connectivity index (χ4n) is 2.01. The first kappa shape index (κ1) is 15.6. The molecule has 0 amide bonds. The van der Waals surface area contributed by atoms with Gasteiger partial charge < -0.3 is 9.05 Å². The summed E-state index contributed by atoms with van der Waals surface area (Å²) in [5.74, 6) is -0.698. The standard InChI is InChI=1S/C13H14NO6P/c1-10(15)13(21(18)19-8-5-9-20-21)12(14(16)17)11-6-3-2-4-7-11/h2-4,6-7H,5,8-9H2,1H3. The van der Waals surface area contributed by atoms with Gasteiger partial charge in [-0.3, -0.25) is 19.5 Å². The van der Waals surface area contributed by atoms with E-state index in [0.717, 1.165) is 6.92 Å². The highest BCUT2D eigenvalue weighted by Gasteiger charge is 2.43. The monoisotopic (exact) mass is 311 g/mol. The van der Waals surface area contributed by atoms with Crippen molar-refractivity contribution in [2.75, 3.05) is 13.2 Å². The molecule has 1 aliphatic rings. The minimum atomic E-state index is -3.97. The van der Waals surface area contributed by atoms with Crippen LogP contribution in [0.1, 0.15) is 18.9 Å². The van der Waals surface area contributed by atoms with Gasteiger partial charge in [-0.25, -0.2) is 0 Å². The van der Waals surface area contributed by atoms with Gasteiger partial charge in [-0.2, -0.15) is 0 Å². The lowest BCUT2D eigenvalue weighted by atomic mass is 10.1. The normalized spacial score (nSPS) is 18.7. The van der Waals surface area contributed by atoms with Gasteiger partial charge in [0.25, 0.3) is 5.70 Å². The summed E-state index contributed by atoms with van der Waals surface area (Å²) in [7, 11) is -3.97. The number of carbonyl (C=O) groups excluding carboxylic acids is 1. The Balaban J connectivity index is 2.68. The Labute approximate surface area is 121 Å². The van der Waals surface area contributed by atoms with Crippen molar-refractivity contribution in [1.82, 2.24) is 0 Å². The van der Waals surface area contributed by atoms with Gasteiger partial charge in [0.2, 0.25) is 0 Å². The molecule has 0 atom stereocenters. The minimum Gasteiger partial charge on any atom is -0.305 e. The van der Waals surface area contributed by atoms with Crippen LogP contribution in [-0.4, -0.2) is 23.9 Å². The molecule has 0 N–H and O–H groups in total. The van der Waals surface area contributed by atoms with Crippen molar-refractivity contribution < 1.29 is 23.3 Å². The summed E-state index contributed by atoms with van der Waals surface area (Å²) in [6, 6.07) is 7.81. The molecule has 0 spiro atoms. The van der Waals surface area contributed by atoms with E-state index in [2.05, 4.69) is 0 Å². The summed E-state index contributed by atoms with van der Waals surface area (Å²) >= 11 is 0. The molecule has 0 aromatic heterocycles. The third-order valence-corrected chi connectivity index (χ3v) is 4.99. The van der Waals surface area contributed by atoms with E-state index in [-0.39, 0.29) is 18.8 Å². The van der Waals surface area contributed by atoms with Crippen molar-refractivity contribution >= 4 is 19.1 Å². The largest absolute Gasteiger partial charge is 0.371 e. The molecule has 112 valence electrons. The van der Waals surface area contributed by atoms with Crippen LogP contribution in [0.4, 0.5) is 0 Å². The fraction of sp³-hybridized carbons (Fsp3) is 0.308. The summed E-state index contributed by atoms with van der Waals surface area (Å²) < 4.78 is 22.8. The number of carbonyl (C=O) groups is 1. The molecule has 8 heteroatoms. The van der Waals surface area contributed by atoms with E-state index in [4.69, 9.17) is 9.05 Å². The first-order valence-electron chi connectivity index (χ1n) is 6.30. The lowest BCUT2D eigenvalue weighted by molar-refractivity contribution is -0.375. The first-order valence-corrected chi connectivity index (χ1v) is 7.84. The van der Waals surface area contributed by atoms with Crippen LogP contribution in [0.15, 0.2) is 35.6 Å². The van der Waals surface area contributed by atoms with Crippen molar-refractivity contribution in [1.29, 1.82) is 0 Å². The lowest BCUT2D eigenvalue weighted by Gasteiger charge is -2.23. The van der Waals surface area contributed by atoms with Crippen molar-refractivity contribution in [2.45, 2.75) is 13.3 Å². The number of allylic oxidation sites excluding steroid dienone is 1. The molecular formula is C13H14NO6P. The molecule has 0 aliphatic carbocycles. The lowest BCUT2D eigenvalue weighted by Crippen LogP contribution is -2.16. The summed E-state index contributed by atoms with van der Waals surface area (Å²) in [6.07, 6.45) is 0.522. The maximum Gasteiger partial charge on any atom is 0.371 e. The van der Waals surface area contributed by atoms with E-state index < -0.39 is 29.3 Å². The molecule has 1 heterocycles. The molecule has 21 heavy (non-hydrogen) atoms. The van der Waals surface area contributed by atoms with Gasteiger partial charge in [-0.1, -0.05) is 18.2 Å². The van der Waals surface area contributed by atoms with Gasteiger partial charge in [-0.15, -0.1) is 0 Å². The molecule has 0 radical (unpaired) electrons. The fourth-order valence-corrected chi connectivity index (χ4v) is 3.94. The molecule has 1 fully saturated rings. The van der Waals surface area contributed by atoms with E-state index >= 15 is 0 Å². The molecular weight excluding hydrogens is 297 g/mol. The summed E-state index contributed by atoms with van der Waals surface area (Å²) in [5, 5.41) is 10.9. The molecule has 0 unspecified atom stereocenters. The van der Waals surface area contributed by atoms with Crippen LogP contribution in [-0.2, 0) is 18.4 Å². The molecule has 1 aromatic rings. The average molecular weight is 311 g/mol. The first-order chi connectivity index (χ1) is 9.96. The smallest absolute Gasteiger partial charge is 0.305 e. The third kappa shape index (κ3) is 3.26. The van der Waals surface area contributed by atoms with Gasteiger partial charge in [0, 0.05) is 0 Å². The third-order valence-electron chi connectivity index (χ3n) is 2.87. The minimum absolute atomic E-state index is 0.133. The van der Waals surface area contributed by atoms with Crippen molar-refractivity contribution in [2.24, 2.45) is 0 Å². The highest BCUT2D eigenvalue weighted by atomic mass is 31.2. The van der Waals surface area contributed by atoms with Gasteiger partial charge in [0.1, 0.15) is 0 Å². The van der Waals surface area contributed by atoms with Crippen LogP contribution in [0.2, 0.25) is 0 Å². The van der Waals surface area contributed by atoms with Crippen molar-refractivity contribution in [3.63, 3.8) is 0 Å². The zero-order chi connectivity index (χ0) is 15.5. The van der Waals surface area contributed by atoms with Gasteiger partial charge in [0.15, 0.2) is 11.1 Å². The number of hydrogen-bond donors (Lipinski definition) is 0. The van der Waals surface area contributed by atoms with Crippen molar-refractivity contribution in [3.05, 3.63) is 51.3 Å². The van der Waals surface area contributed by atoms with Crippen molar-refractivity contribution in [3.8, 4) is 0 Å². The number of nitrogens with zero attached hydrogens (tertiary/aromatic N) is 1. The number of Topliss-reactive ketones (excluding diaryl/α,β-unsaturated/α-hetero) is 1. The second-order valence-corrected chi connectivity index (χ2v) is 6.35. The number of ketones is 1. The predicted molar refractivity (Wildman–Crippen MR) is 75.2 cm³/mol. The number of rotatable bonds is 4. The van der Waals surface area contributed by atoms with Gasteiger partial charge in [-0.05, 0) is 25.5 Å². The van der Waals surface area contributed by atoms with E-state index in [0.29, 0.717) is 6.42 Å². The maximum absolute atomic E-state index is 12.7. The quantitative estimate of drug-likeness (QED) is 0.367. The summed E-state index contributed by atoms with van der Waals surface area (Å²) in [4.78, 5) is 22.5. The zero-order valence-electron chi connectivity index (χ0n) is 11.4. The highest BCUT2D eigenvalue weighted by molar-refractivity contribution is 7.60. The summed E-state index contributed by atoms with van der Waals surface area (Å²) in [6.45, 7) is 1.38. The highest BCUT2D eigenvalue weighted by Crippen LogP contribution is 2.60. The molecule has 0 bridgehead atoms. The second-order valence-electron chi connectivity index (χ2n) is 4.39. The second kappa shape index (κ2) is 6.30. The molecule has 1 aliphatic heterocycles. The van der Waals surface area contributed by atoms with Crippen LogP contribution < -0.4 is 0 Å². The SMILES string of the molecule is CC(=O)C(=C(c1ccccc1)[N+](=O)[O-])P1(=O)OCCCO1. The van der Waals surface area contributed by atoms with Crippen LogP contribution >= 0.6 is 7.60 Å². The van der Waals surface area contributed by atoms with Crippen LogP contribution in [0.5, 0.6) is 0 Å². The van der Waals surface area contributed by atoms with E-state index in [1.165, 1.54) is 12.1 Å². The van der Waals surface area contributed by atoms with E-state index in [1.54, 1.807) is 18.2 Å². The Kier molecular flexibility index (Phi) is 4.67. The van der Waals surface area contributed by atoms with Gasteiger partial charge >= 0.3 is 7.60 Å². The summed E-state index contributed by atoms with van der Waals surface area (Å²) in [5.41, 5.74) is -0.353. The molecule has 7 nitrogen and oxygen atoms in total. The average Bonchev–Trinajstić information content (AvgIpc) is 2.45. The molecule has 2 rings (SSSR count). The molecule has 1 aromatic carbocycles. The van der Waals surface area contributed by atoms with E-state index in [9.17, 15) is 19.5 Å². The number of nitro groups is 1. The Morgan fingerprint density at radius 3 is 2.29 bits per heavy atom. The molecule has 1 saturated heterocycles. The predicted octanol–water partition coefficient (Wildman–Crippen LogP) is 2.85. The molecule has 0 saturated carbocycles. The van der Waals surface area contributed by atoms with Gasteiger partial charge in [0.05, 0.1) is 23.7 Å².